The van der Waals surface area contributed by atoms with Gasteiger partial charge >= 0.3 is 6.03 Å². The maximum Gasteiger partial charge on any atom is 0.321 e. The Balaban J connectivity index is 1.31. The zero-order valence-corrected chi connectivity index (χ0v) is 16.1. The van der Waals surface area contributed by atoms with E-state index in [0.717, 1.165) is 24.2 Å². The van der Waals surface area contributed by atoms with Crippen molar-refractivity contribution in [2.75, 3.05) is 18.4 Å². The zero-order valence-electron chi connectivity index (χ0n) is 15.3. The molecule has 0 saturated carbocycles. The van der Waals surface area contributed by atoms with Crippen LogP contribution in [0.5, 0.6) is 5.75 Å². The van der Waals surface area contributed by atoms with Gasteiger partial charge in [0.05, 0.1) is 0 Å². The molecular formula is C22H21FN2O2S. The minimum absolute atomic E-state index is 0.0804. The monoisotopic (exact) mass is 396 g/mol. The van der Waals surface area contributed by atoms with Crippen LogP contribution in [0.4, 0.5) is 14.9 Å². The Morgan fingerprint density at radius 1 is 1.07 bits per heavy atom. The molecule has 1 fully saturated rings. The highest BCUT2D eigenvalue weighted by Gasteiger charge is 2.24. The molecule has 0 aliphatic carbocycles. The fourth-order valence-electron chi connectivity index (χ4n) is 3.30. The Morgan fingerprint density at radius 2 is 1.89 bits per heavy atom. The lowest BCUT2D eigenvalue weighted by molar-refractivity contribution is 0.115. The number of hydrogen-bond donors (Lipinski definition) is 1. The molecule has 0 bridgehead atoms. The molecule has 2 amide bonds. The Labute approximate surface area is 167 Å². The highest BCUT2D eigenvalue weighted by atomic mass is 32.1. The minimum Gasteiger partial charge on any atom is -0.490 e. The first kappa shape index (κ1) is 18.5. The summed E-state index contributed by atoms with van der Waals surface area (Å²) in [6.45, 7) is 1.22. The summed E-state index contributed by atoms with van der Waals surface area (Å²) >= 11 is 1.71. The average Bonchev–Trinajstić information content (AvgIpc) is 3.24. The maximum absolute atomic E-state index is 13.3. The van der Waals surface area contributed by atoms with Gasteiger partial charge < -0.3 is 15.0 Å². The molecular weight excluding hydrogens is 375 g/mol. The van der Waals surface area contributed by atoms with Gasteiger partial charge in [-0.05, 0) is 47.3 Å². The molecule has 1 aliphatic rings. The molecule has 1 aromatic heterocycles. The number of anilines is 1. The third-order valence-corrected chi connectivity index (χ3v) is 5.67. The van der Waals surface area contributed by atoms with E-state index in [2.05, 4.69) is 28.9 Å². The fourth-order valence-corrected chi connectivity index (χ4v) is 4.03. The predicted molar refractivity (Wildman–Crippen MR) is 110 cm³/mol. The van der Waals surface area contributed by atoms with Crippen LogP contribution in [-0.2, 0) is 0 Å². The van der Waals surface area contributed by atoms with Crippen molar-refractivity contribution in [3.63, 3.8) is 0 Å². The van der Waals surface area contributed by atoms with Gasteiger partial charge in [-0.1, -0.05) is 24.3 Å². The molecule has 0 unspecified atom stereocenters. The van der Waals surface area contributed by atoms with Crippen LogP contribution in [0, 0.1) is 5.82 Å². The number of urea groups is 1. The van der Waals surface area contributed by atoms with E-state index in [0.29, 0.717) is 18.8 Å². The van der Waals surface area contributed by atoms with Crippen molar-refractivity contribution in [3.05, 3.63) is 71.9 Å². The Morgan fingerprint density at radius 3 is 2.64 bits per heavy atom. The first-order valence-corrected chi connectivity index (χ1v) is 10.2. The van der Waals surface area contributed by atoms with Crippen LogP contribution in [0.25, 0.3) is 10.4 Å². The van der Waals surface area contributed by atoms with Crippen molar-refractivity contribution >= 4 is 23.1 Å². The van der Waals surface area contributed by atoms with Crippen molar-refractivity contribution in [1.82, 2.24) is 4.90 Å². The molecule has 2 aromatic carbocycles. The summed E-state index contributed by atoms with van der Waals surface area (Å²) in [6, 6.07) is 18.0. The van der Waals surface area contributed by atoms with Gasteiger partial charge in [0.25, 0.3) is 0 Å². The van der Waals surface area contributed by atoms with Crippen molar-refractivity contribution in [1.29, 1.82) is 0 Å². The number of piperidine rings is 1. The molecule has 0 radical (unpaired) electrons. The van der Waals surface area contributed by atoms with E-state index in [-0.39, 0.29) is 18.0 Å². The second-order valence-corrected chi connectivity index (χ2v) is 7.70. The summed E-state index contributed by atoms with van der Waals surface area (Å²) in [5.74, 6) is 0.489. The minimum atomic E-state index is -0.366. The van der Waals surface area contributed by atoms with Crippen molar-refractivity contribution in [2.24, 2.45) is 0 Å². The number of thiophene rings is 1. The zero-order chi connectivity index (χ0) is 19.3. The summed E-state index contributed by atoms with van der Waals surface area (Å²) < 4.78 is 19.4. The van der Waals surface area contributed by atoms with Crippen molar-refractivity contribution in [3.8, 4) is 16.2 Å². The first-order chi connectivity index (χ1) is 13.7. The normalized spacial score (nSPS) is 14.7. The van der Waals surface area contributed by atoms with Gasteiger partial charge in [0, 0.05) is 36.5 Å². The third-order valence-electron chi connectivity index (χ3n) is 4.75. The van der Waals surface area contributed by atoms with E-state index in [1.165, 1.54) is 17.0 Å². The molecule has 1 aliphatic heterocycles. The quantitative estimate of drug-likeness (QED) is 0.621. The molecule has 144 valence electrons. The van der Waals surface area contributed by atoms with Gasteiger partial charge in [0.1, 0.15) is 17.7 Å². The second kappa shape index (κ2) is 8.44. The number of benzene rings is 2. The van der Waals surface area contributed by atoms with Gasteiger partial charge in [-0.25, -0.2) is 9.18 Å². The lowest BCUT2D eigenvalue weighted by Crippen LogP contribution is -2.43. The fraction of sp³-hybridized carbons (Fsp3) is 0.227. The second-order valence-electron chi connectivity index (χ2n) is 6.75. The van der Waals surface area contributed by atoms with Crippen LogP contribution < -0.4 is 10.1 Å². The Bertz CT molecular complexity index is 937. The topological polar surface area (TPSA) is 41.6 Å². The summed E-state index contributed by atoms with van der Waals surface area (Å²) in [7, 11) is 0. The van der Waals surface area contributed by atoms with Gasteiger partial charge in [-0.2, -0.15) is 0 Å². The largest absolute Gasteiger partial charge is 0.490 e. The Kier molecular flexibility index (Phi) is 5.58. The molecule has 1 N–H and O–H groups in total. The van der Waals surface area contributed by atoms with Gasteiger partial charge in [0.15, 0.2) is 0 Å². The molecule has 0 atom stereocenters. The molecule has 0 spiro atoms. The Hall–Kier alpha value is -2.86. The van der Waals surface area contributed by atoms with Crippen LogP contribution in [-0.4, -0.2) is 30.1 Å². The highest BCUT2D eigenvalue weighted by molar-refractivity contribution is 7.13. The van der Waals surface area contributed by atoms with Gasteiger partial charge in [-0.3, -0.25) is 0 Å². The van der Waals surface area contributed by atoms with Crippen molar-refractivity contribution in [2.45, 2.75) is 18.9 Å². The number of nitrogens with one attached hydrogen (secondary N) is 1. The SMILES string of the molecule is O=C(Nc1cccc(F)c1)N1CCC(Oc2cccc(-c3cccs3)c2)CC1. The number of rotatable bonds is 4. The average molecular weight is 396 g/mol. The summed E-state index contributed by atoms with van der Waals surface area (Å²) in [5, 5.41) is 4.81. The number of amides is 2. The van der Waals surface area contributed by atoms with E-state index in [1.54, 1.807) is 28.4 Å². The number of halogens is 1. The molecule has 1 saturated heterocycles. The van der Waals surface area contributed by atoms with Crippen LogP contribution in [0.2, 0.25) is 0 Å². The highest BCUT2D eigenvalue weighted by Crippen LogP contribution is 2.29. The number of carbonyl (C=O) groups excluding carboxylic acids is 1. The van der Waals surface area contributed by atoms with Crippen LogP contribution in [0.15, 0.2) is 66.0 Å². The maximum atomic E-state index is 13.3. The number of carbonyl (C=O) groups is 1. The molecule has 4 rings (SSSR count). The van der Waals surface area contributed by atoms with E-state index in [9.17, 15) is 9.18 Å². The molecule has 2 heterocycles. The summed E-state index contributed by atoms with van der Waals surface area (Å²) in [5.41, 5.74) is 1.62. The number of ether oxygens (including phenoxy) is 1. The summed E-state index contributed by atoms with van der Waals surface area (Å²) in [4.78, 5) is 15.3. The number of nitrogens with zero attached hydrogens (tertiary/aromatic N) is 1. The van der Waals surface area contributed by atoms with E-state index in [4.69, 9.17) is 4.74 Å². The summed E-state index contributed by atoms with van der Waals surface area (Å²) in [6.07, 6.45) is 1.61. The van der Waals surface area contributed by atoms with E-state index in [1.807, 2.05) is 18.2 Å². The van der Waals surface area contributed by atoms with Crippen LogP contribution in [0.1, 0.15) is 12.8 Å². The van der Waals surface area contributed by atoms with Gasteiger partial charge in [0.2, 0.25) is 0 Å². The number of likely N-dealkylation sites (tertiary alicyclic amines) is 1. The molecule has 3 aromatic rings. The van der Waals surface area contributed by atoms with Crippen LogP contribution in [0.3, 0.4) is 0 Å². The smallest absolute Gasteiger partial charge is 0.321 e. The molecule has 4 nitrogen and oxygen atoms in total. The first-order valence-electron chi connectivity index (χ1n) is 9.29. The van der Waals surface area contributed by atoms with E-state index < -0.39 is 0 Å². The number of hydrogen-bond acceptors (Lipinski definition) is 3. The lowest BCUT2D eigenvalue weighted by Gasteiger charge is -2.32. The van der Waals surface area contributed by atoms with E-state index >= 15 is 0 Å². The van der Waals surface area contributed by atoms with Crippen molar-refractivity contribution < 1.29 is 13.9 Å². The molecule has 28 heavy (non-hydrogen) atoms. The lowest BCUT2D eigenvalue weighted by atomic mass is 10.1. The molecule has 6 heteroatoms. The predicted octanol–water partition coefficient (Wildman–Crippen LogP) is 5.63. The van der Waals surface area contributed by atoms with Gasteiger partial charge in [-0.15, -0.1) is 11.3 Å². The third kappa shape index (κ3) is 4.51. The van der Waals surface area contributed by atoms with Crippen LogP contribution >= 0.6 is 11.3 Å². The standard InChI is InChI=1S/C22H21FN2O2S/c23-17-5-2-6-18(15-17)24-22(26)25-11-9-19(10-12-25)27-20-7-1-4-16(14-20)21-8-3-13-28-21/h1-8,13-15,19H,9-12H2,(H,24,26).